The maximum absolute atomic E-state index is 3.35. The first kappa shape index (κ1) is 30.9. The van der Waals surface area contributed by atoms with Gasteiger partial charge in [0.15, 0.2) is 0 Å². The predicted octanol–water partition coefficient (Wildman–Crippen LogP) is 10.2. The third-order valence-electron chi connectivity index (χ3n) is 2.45. The standard InChI is InChI=1S/2C6H15Te.6BrH.Ti/c2*1-4-7(5-2)6-3;;;;;;;/h2*4-6H2,1-3H3;6*1H;/q2*+1;;;;;;;+4/p-6. The molecule has 0 saturated heterocycles. The van der Waals surface area contributed by atoms with Crippen molar-refractivity contribution < 1.29 is 1.46 Å². The molecule has 0 aromatic heterocycles. The van der Waals surface area contributed by atoms with Gasteiger partial charge in [0.2, 0.25) is 0 Å². The van der Waals surface area contributed by atoms with Crippen LogP contribution in [0.4, 0.5) is 0 Å². The van der Waals surface area contributed by atoms with Gasteiger partial charge in [0.1, 0.15) is 0 Å². The van der Waals surface area contributed by atoms with E-state index in [-0.39, 0.29) is 0 Å². The fraction of sp³-hybridized carbons (Fsp3) is 1.00. The van der Waals surface area contributed by atoms with Gasteiger partial charge in [0, 0.05) is 0 Å². The molecule has 0 radical (unpaired) electrons. The van der Waals surface area contributed by atoms with Crippen molar-refractivity contribution in [3.8, 4) is 0 Å². The minimum atomic E-state index is -3.29. The molecule has 136 valence electrons. The van der Waals surface area contributed by atoms with E-state index in [1.807, 2.05) is 0 Å². The van der Waals surface area contributed by atoms with Gasteiger partial charge in [0.25, 0.3) is 0 Å². The number of rotatable bonds is 6. The molecule has 0 saturated carbocycles. The van der Waals surface area contributed by atoms with Crippen molar-refractivity contribution in [2.45, 2.75) is 68.4 Å². The van der Waals surface area contributed by atoms with Crippen LogP contribution in [-0.4, -0.2) is 39.1 Å². The van der Waals surface area contributed by atoms with Gasteiger partial charge in [0.05, 0.1) is 0 Å². The Morgan fingerprint density at radius 1 is 0.476 bits per heavy atom. The van der Waals surface area contributed by atoms with Crippen LogP contribution < -0.4 is 0 Å². The monoisotopic (exact) mass is 956 g/mol. The number of hydrogen-bond donors (Lipinski definition) is 0. The minimum absolute atomic E-state index is 0.431. The molecule has 0 aliphatic rings. The van der Waals surface area contributed by atoms with E-state index in [2.05, 4.69) is 121 Å². The van der Waals surface area contributed by atoms with Crippen LogP contribution in [0, 0.1) is 0 Å². The second-order valence-electron chi connectivity index (χ2n) is 4.03. The summed E-state index contributed by atoms with van der Waals surface area (Å²) >= 11 is 19.3. The molecule has 0 amide bonds. The van der Waals surface area contributed by atoms with Gasteiger partial charge in [-0.15, -0.1) is 0 Å². The summed E-state index contributed by atoms with van der Waals surface area (Å²) in [5.41, 5.74) is 0. The van der Waals surface area contributed by atoms with Crippen molar-refractivity contribution >= 4 is 118 Å². The second kappa shape index (κ2) is 14.2. The zero-order chi connectivity index (χ0) is 17.8. The maximum atomic E-state index is 3.35. The Morgan fingerprint density at radius 3 is 0.571 bits per heavy atom. The molecule has 9 heteroatoms. The Balaban J connectivity index is -0.000000231. The van der Waals surface area contributed by atoms with E-state index in [4.69, 9.17) is 0 Å². The summed E-state index contributed by atoms with van der Waals surface area (Å²) in [6.45, 7) is 14.0. The summed E-state index contributed by atoms with van der Waals surface area (Å²) in [7, 11) is 0. The fourth-order valence-electron chi connectivity index (χ4n) is 1.22. The first-order valence-corrected chi connectivity index (χ1v) is 40.2. The molecule has 0 fully saturated rings. The molecule has 21 heavy (non-hydrogen) atoms. The second-order valence-corrected chi connectivity index (χ2v) is 139. The van der Waals surface area contributed by atoms with Crippen LogP contribution in [0.1, 0.15) is 41.5 Å². The van der Waals surface area contributed by atoms with Crippen LogP contribution in [0.25, 0.3) is 0 Å². The van der Waals surface area contributed by atoms with Crippen molar-refractivity contribution in [3.05, 3.63) is 0 Å². The molecule has 0 nitrogen and oxygen atoms in total. The SMILES string of the molecule is CC[Te+](CC)CC.CC[Te+](CC)CC.[Br][Ti-2]([Br])([Br])([Br])([Br])[Br]. The molecule has 0 aromatic rings. The fourth-order valence-corrected chi connectivity index (χ4v) is 8.22. The third-order valence-corrected chi connectivity index (χ3v) is 16.4. The third kappa shape index (κ3) is 45.8. The summed E-state index contributed by atoms with van der Waals surface area (Å²) in [6, 6.07) is 0. The number of hydrogen-bond acceptors (Lipinski definition) is 0. The topological polar surface area (TPSA) is 0 Å². The zero-order valence-electron chi connectivity index (χ0n) is 13.8. The first-order valence-electron chi connectivity index (χ1n) is 7.11. The van der Waals surface area contributed by atoms with E-state index in [0.717, 1.165) is 0 Å². The van der Waals surface area contributed by atoms with Gasteiger partial charge in [-0.2, -0.15) is 0 Å². The summed E-state index contributed by atoms with van der Waals surface area (Å²) in [5, 5.41) is 0. The molecule has 0 aliphatic carbocycles. The molecular weight excluding hydrogens is 927 g/mol. The zero-order valence-corrected chi connectivity index (χ0v) is 29.6. The van der Waals surface area contributed by atoms with Gasteiger partial charge in [-0.05, 0) is 0 Å². The van der Waals surface area contributed by atoms with E-state index in [0.29, 0.717) is 0 Å². The Bertz CT molecular complexity index is 199. The molecule has 0 unspecified atom stereocenters. The molecule has 0 rings (SSSR count). The quantitative estimate of drug-likeness (QED) is 0.233. The van der Waals surface area contributed by atoms with Crippen molar-refractivity contribution in [2.24, 2.45) is 0 Å². The first-order chi connectivity index (χ1) is 9.14. The summed E-state index contributed by atoms with van der Waals surface area (Å²) in [4.78, 5) is 0. The normalized spacial score (nSPS) is 14.6. The van der Waals surface area contributed by atoms with Gasteiger partial charge in [-0.1, -0.05) is 0 Å². The van der Waals surface area contributed by atoms with Gasteiger partial charge >= 0.3 is 188 Å². The predicted molar refractivity (Wildman–Crippen MR) is 128 cm³/mol. The van der Waals surface area contributed by atoms with Crippen molar-refractivity contribution in [1.82, 2.24) is 0 Å². The van der Waals surface area contributed by atoms with Crippen LogP contribution in [0.2, 0.25) is 26.8 Å². The molecule has 0 bridgehead atoms. The summed E-state index contributed by atoms with van der Waals surface area (Å²) in [5.74, 6) is 0. The summed E-state index contributed by atoms with van der Waals surface area (Å²) < 4.78 is 5.85. The Morgan fingerprint density at radius 2 is 0.571 bits per heavy atom. The van der Waals surface area contributed by atoms with E-state index in [1.165, 1.54) is 26.8 Å². The van der Waals surface area contributed by atoms with Crippen LogP contribution in [0.3, 0.4) is 0 Å². The van der Waals surface area contributed by atoms with Crippen LogP contribution in [0.5, 0.6) is 0 Å². The van der Waals surface area contributed by atoms with Crippen molar-refractivity contribution in [2.75, 3.05) is 0 Å². The van der Waals surface area contributed by atoms with Crippen LogP contribution in [0.15, 0.2) is 0 Å². The average Bonchev–Trinajstić information content (AvgIpc) is 2.30. The summed E-state index contributed by atoms with van der Waals surface area (Å²) in [6.07, 6.45) is 0. The van der Waals surface area contributed by atoms with Gasteiger partial charge in [-0.3, -0.25) is 0 Å². The molecular formula is C12H30Br6Te2Ti. The van der Waals surface area contributed by atoms with Crippen LogP contribution >= 0.6 is 79.0 Å². The average molecular weight is 957 g/mol. The van der Waals surface area contributed by atoms with E-state index >= 15 is 0 Å². The Labute approximate surface area is 183 Å². The van der Waals surface area contributed by atoms with Gasteiger partial charge < -0.3 is 0 Å². The molecule has 0 atom stereocenters. The molecule has 0 heterocycles. The molecule has 0 N–H and O–H groups in total. The van der Waals surface area contributed by atoms with E-state index in [9.17, 15) is 0 Å². The molecule has 0 spiro atoms. The molecule has 0 aromatic carbocycles. The number of halogens is 6. The molecule has 0 aliphatic heterocycles. The van der Waals surface area contributed by atoms with E-state index in [1.54, 1.807) is 0 Å². The Kier molecular flexibility index (Phi) is 20.9. The van der Waals surface area contributed by atoms with Crippen LogP contribution in [-0.2, 0) is 1.46 Å². The van der Waals surface area contributed by atoms with E-state index < -0.39 is 40.6 Å². The Hall–Kier alpha value is 5.17. The van der Waals surface area contributed by atoms with Crippen molar-refractivity contribution in [1.29, 1.82) is 0 Å². The van der Waals surface area contributed by atoms with Gasteiger partial charge in [-0.25, -0.2) is 0 Å². The van der Waals surface area contributed by atoms with Crippen molar-refractivity contribution in [3.63, 3.8) is 0 Å².